The van der Waals surface area contributed by atoms with Crippen LogP contribution >= 0.6 is 11.6 Å². The molecule has 172 valence electrons. The minimum absolute atomic E-state index is 0.0151. The van der Waals surface area contributed by atoms with Crippen molar-refractivity contribution < 1.29 is 23.8 Å². The number of carbonyl (C=O) groups excluding carboxylic acids is 2. The number of Topliss-reactive ketones (excluding diaryl/α,β-unsaturated/α-hetero) is 1. The lowest BCUT2D eigenvalue weighted by Crippen LogP contribution is -2.36. The van der Waals surface area contributed by atoms with E-state index < -0.39 is 11.9 Å². The van der Waals surface area contributed by atoms with Gasteiger partial charge in [0.15, 0.2) is 17.3 Å². The molecular formula is C26H26ClNO5. The van der Waals surface area contributed by atoms with E-state index in [1.165, 1.54) is 7.11 Å². The van der Waals surface area contributed by atoms with Crippen LogP contribution in [0.3, 0.4) is 0 Å². The maximum Gasteiger partial charge on any atom is 0.336 e. The first-order chi connectivity index (χ1) is 15.9. The molecule has 4 rings (SSSR count). The zero-order valence-corrected chi connectivity index (χ0v) is 19.8. The van der Waals surface area contributed by atoms with Crippen LogP contribution < -0.4 is 14.8 Å². The van der Waals surface area contributed by atoms with Gasteiger partial charge in [0, 0.05) is 34.0 Å². The minimum atomic E-state index is -0.627. The molecule has 7 heteroatoms. The monoisotopic (exact) mass is 467 g/mol. The second kappa shape index (κ2) is 9.32. The molecule has 0 amide bonds. The van der Waals surface area contributed by atoms with Gasteiger partial charge in [-0.1, -0.05) is 35.9 Å². The molecule has 2 aromatic rings. The van der Waals surface area contributed by atoms with Crippen LogP contribution in [-0.4, -0.2) is 33.1 Å². The van der Waals surface area contributed by atoms with Gasteiger partial charge in [0.25, 0.3) is 0 Å². The second-order valence-corrected chi connectivity index (χ2v) is 8.58. The van der Waals surface area contributed by atoms with Crippen molar-refractivity contribution >= 4 is 23.4 Å². The molecule has 1 heterocycles. The van der Waals surface area contributed by atoms with Gasteiger partial charge in [-0.15, -0.1) is 0 Å². The third-order valence-corrected chi connectivity index (χ3v) is 6.57. The number of esters is 1. The van der Waals surface area contributed by atoms with Crippen LogP contribution in [0.5, 0.6) is 11.5 Å². The molecule has 6 nitrogen and oxygen atoms in total. The van der Waals surface area contributed by atoms with Gasteiger partial charge < -0.3 is 19.5 Å². The SMILES string of the molecule is COC(=O)C1=C(C)NC2=C(C(=O)C[C@H](c3ccc(Cl)cc3)C2)[C@@H]1c1cccc(OC)c1OC. The van der Waals surface area contributed by atoms with Gasteiger partial charge in [-0.25, -0.2) is 4.79 Å². The number of hydrogen-bond donors (Lipinski definition) is 1. The fourth-order valence-corrected chi connectivity index (χ4v) is 4.97. The molecular weight excluding hydrogens is 442 g/mol. The zero-order valence-electron chi connectivity index (χ0n) is 19.0. The van der Waals surface area contributed by atoms with Crippen molar-refractivity contribution in [2.45, 2.75) is 31.6 Å². The normalized spacial score (nSPS) is 20.2. The number of dihydropyridines is 1. The number of halogens is 1. The maximum atomic E-state index is 13.6. The van der Waals surface area contributed by atoms with E-state index in [-0.39, 0.29) is 11.7 Å². The Bertz CT molecular complexity index is 1170. The number of para-hydroxylation sites is 1. The zero-order chi connectivity index (χ0) is 23.7. The molecule has 0 spiro atoms. The van der Waals surface area contributed by atoms with Crippen LogP contribution in [0.15, 0.2) is 65.0 Å². The van der Waals surface area contributed by atoms with Crippen molar-refractivity contribution in [3.63, 3.8) is 0 Å². The van der Waals surface area contributed by atoms with E-state index in [1.54, 1.807) is 20.3 Å². The van der Waals surface area contributed by atoms with Crippen molar-refractivity contribution in [3.8, 4) is 11.5 Å². The fourth-order valence-electron chi connectivity index (χ4n) is 4.84. The van der Waals surface area contributed by atoms with Crippen molar-refractivity contribution in [1.82, 2.24) is 5.32 Å². The molecule has 0 fully saturated rings. The Labute approximate surface area is 198 Å². The van der Waals surface area contributed by atoms with E-state index in [0.717, 1.165) is 11.3 Å². The highest BCUT2D eigenvalue weighted by Gasteiger charge is 2.42. The molecule has 0 saturated carbocycles. The first-order valence-corrected chi connectivity index (χ1v) is 11.1. The van der Waals surface area contributed by atoms with Gasteiger partial charge in [-0.3, -0.25) is 4.79 Å². The number of ether oxygens (including phenoxy) is 3. The standard InChI is InChI=1S/C26H26ClNO5/c1-14-22(26(30)33-4)23(18-6-5-7-21(31-2)25(18)32-3)24-19(28-14)12-16(13-20(24)29)15-8-10-17(27)11-9-15/h5-11,16,23,28H,12-13H2,1-4H3/t16-,23-/m1/s1. The van der Waals surface area contributed by atoms with Crippen LogP contribution in [-0.2, 0) is 14.3 Å². The summed E-state index contributed by atoms with van der Waals surface area (Å²) in [5.41, 5.74) is 4.16. The Balaban J connectivity index is 1.87. The number of nitrogens with one attached hydrogen (secondary N) is 1. The lowest BCUT2D eigenvalue weighted by Gasteiger charge is -2.37. The van der Waals surface area contributed by atoms with E-state index >= 15 is 0 Å². The van der Waals surface area contributed by atoms with E-state index in [9.17, 15) is 9.59 Å². The van der Waals surface area contributed by atoms with Gasteiger partial charge in [0.1, 0.15) is 0 Å². The topological polar surface area (TPSA) is 73.9 Å². The van der Waals surface area contributed by atoms with Gasteiger partial charge >= 0.3 is 5.97 Å². The number of benzene rings is 2. The number of carbonyl (C=O) groups is 2. The Hall–Kier alpha value is -3.25. The molecule has 1 N–H and O–H groups in total. The Kier molecular flexibility index (Phi) is 6.47. The number of ketones is 1. The highest BCUT2D eigenvalue weighted by molar-refractivity contribution is 6.30. The summed E-state index contributed by atoms with van der Waals surface area (Å²) in [5.74, 6) is -0.110. The molecule has 1 aliphatic carbocycles. The van der Waals surface area contributed by atoms with E-state index in [1.807, 2.05) is 43.3 Å². The predicted molar refractivity (Wildman–Crippen MR) is 126 cm³/mol. The summed E-state index contributed by atoms with van der Waals surface area (Å²) in [6, 6.07) is 13.1. The lowest BCUT2D eigenvalue weighted by atomic mass is 9.71. The molecule has 0 saturated heterocycles. The summed E-state index contributed by atoms with van der Waals surface area (Å²) >= 11 is 6.05. The van der Waals surface area contributed by atoms with Crippen LogP contribution in [0.1, 0.15) is 42.7 Å². The average molecular weight is 468 g/mol. The molecule has 0 unspecified atom stereocenters. The summed E-state index contributed by atoms with van der Waals surface area (Å²) in [7, 11) is 4.44. The molecule has 0 aromatic heterocycles. The number of hydrogen-bond acceptors (Lipinski definition) is 6. The highest BCUT2D eigenvalue weighted by Crippen LogP contribution is 2.49. The third kappa shape index (κ3) is 4.11. The molecule has 33 heavy (non-hydrogen) atoms. The predicted octanol–water partition coefficient (Wildman–Crippen LogP) is 4.89. The van der Waals surface area contributed by atoms with Crippen molar-refractivity contribution in [2.75, 3.05) is 21.3 Å². The van der Waals surface area contributed by atoms with Gasteiger partial charge in [0.05, 0.1) is 32.8 Å². The van der Waals surface area contributed by atoms with Crippen LogP contribution in [0, 0.1) is 0 Å². The molecule has 2 atom stereocenters. The lowest BCUT2D eigenvalue weighted by molar-refractivity contribution is -0.136. The van der Waals surface area contributed by atoms with E-state index in [0.29, 0.717) is 51.8 Å². The molecule has 0 radical (unpaired) electrons. The minimum Gasteiger partial charge on any atom is -0.493 e. The fraction of sp³-hybridized carbons (Fsp3) is 0.308. The molecule has 0 bridgehead atoms. The number of allylic oxidation sites excluding steroid dienone is 3. The van der Waals surface area contributed by atoms with Crippen LogP contribution in [0.25, 0.3) is 0 Å². The van der Waals surface area contributed by atoms with Gasteiger partial charge in [-0.2, -0.15) is 0 Å². The van der Waals surface area contributed by atoms with Crippen molar-refractivity contribution in [2.24, 2.45) is 0 Å². The van der Waals surface area contributed by atoms with Crippen LogP contribution in [0.2, 0.25) is 5.02 Å². The largest absolute Gasteiger partial charge is 0.493 e. The number of rotatable bonds is 5. The highest BCUT2D eigenvalue weighted by atomic mass is 35.5. The summed E-state index contributed by atoms with van der Waals surface area (Å²) in [5, 5.41) is 3.99. The number of methoxy groups -OCH3 is 3. The van der Waals surface area contributed by atoms with E-state index in [4.69, 9.17) is 25.8 Å². The van der Waals surface area contributed by atoms with Crippen molar-refractivity contribution in [3.05, 3.63) is 81.2 Å². The smallest absolute Gasteiger partial charge is 0.336 e. The Morgan fingerprint density at radius 3 is 2.39 bits per heavy atom. The van der Waals surface area contributed by atoms with Crippen molar-refractivity contribution in [1.29, 1.82) is 0 Å². The Morgan fingerprint density at radius 2 is 1.76 bits per heavy atom. The van der Waals surface area contributed by atoms with Gasteiger partial charge in [0.2, 0.25) is 0 Å². The molecule has 2 aromatic carbocycles. The summed E-state index contributed by atoms with van der Waals surface area (Å²) < 4.78 is 16.3. The molecule has 1 aliphatic heterocycles. The summed E-state index contributed by atoms with van der Waals surface area (Å²) in [6.07, 6.45) is 0.968. The summed E-state index contributed by atoms with van der Waals surface area (Å²) in [4.78, 5) is 26.5. The van der Waals surface area contributed by atoms with Gasteiger partial charge in [-0.05, 0) is 43.0 Å². The average Bonchev–Trinajstić information content (AvgIpc) is 2.82. The second-order valence-electron chi connectivity index (χ2n) is 8.14. The third-order valence-electron chi connectivity index (χ3n) is 6.32. The van der Waals surface area contributed by atoms with E-state index in [2.05, 4.69) is 5.32 Å². The first kappa shape index (κ1) is 22.9. The Morgan fingerprint density at radius 1 is 1.03 bits per heavy atom. The first-order valence-electron chi connectivity index (χ1n) is 10.7. The quantitative estimate of drug-likeness (QED) is 0.631. The molecule has 2 aliphatic rings. The maximum absolute atomic E-state index is 13.6. The summed E-state index contributed by atoms with van der Waals surface area (Å²) in [6.45, 7) is 1.83. The van der Waals surface area contributed by atoms with Crippen LogP contribution in [0.4, 0.5) is 0 Å².